The summed E-state index contributed by atoms with van der Waals surface area (Å²) >= 11 is 0. The summed E-state index contributed by atoms with van der Waals surface area (Å²) in [5.41, 5.74) is 0.501. The second-order valence-electron chi connectivity index (χ2n) is 4.79. The monoisotopic (exact) mass is 169 g/mol. The van der Waals surface area contributed by atoms with Crippen LogP contribution in [0.1, 0.15) is 53.9 Å². The van der Waals surface area contributed by atoms with Crippen LogP contribution in [0.3, 0.4) is 0 Å². The van der Waals surface area contributed by atoms with E-state index in [9.17, 15) is 0 Å². The van der Waals surface area contributed by atoms with Crippen LogP contribution in [0.2, 0.25) is 0 Å². The van der Waals surface area contributed by atoms with Gasteiger partial charge in [0.1, 0.15) is 0 Å². The highest BCUT2D eigenvalue weighted by Gasteiger charge is 2.26. The summed E-state index contributed by atoms with van der Waals surface area (Å²) in [5, 5.41) is 0. The highest BCUT2D eigenvalue weighted by Crippen LogP contribution is 2.36. The minimum absolute atomic E-state index is 0.501. The van der Waals surface area contributed by atoms with Crippen molar-refractivity contribution in [2.45, 2.75) is 53.9 Å². The first-order valence-electron chi connectivity index (χ1n) is 5.27. The fourth-order valence-electron chi connectivity index (χ4n) is 1.81. The van der Waals surface area contributed by atoms with Crippen LogP contribution in [0.5, 0.6) is 0 Å². The van der Waals surface area contributed by atoms with Crippen molar-refractivity contribution in [3.63, 3.8) is 0 Å². The SMILES string of the molecule is [CH2]C(C)CC(CC)C(C)(C)CC. The van der Waals surface area contributed by atoms with E-state index in [0.717, 1.165) is 5.92 Å². The molecule has 0 fully saturated rings. The van der Waals surface area contributed by atoms with Gasteiger partial charge in [0, 0.05) is 0 Å². The minimum Gasteiger partial charge on any atom is -0.0651 e. The maximum Gasteiger partial charge on any atom is -0.0329 e. The lowest BCUT2D eigenvalue weighted by Gasteiger charge is -2.34. The first kappa shape index (κ1) is 12.0. The standard InChI is InChI=1S/C12H25/c1-7-11(9-10(3)4)12(5,6)8-2/h10-11H,3,7-9H2,1-2,4-6H3. The van der Waals surface area contributed by atoms with Crippen LogP contribution in [0.4, 0.5) is 0 Å². The summed E-state index contributed by atoms with van der Waals surface area (Å²) in [6.45, 7) is 15.6. The lowest BCUT2D eigenvalue weighted by Crippen LogP contribution is -2.24. The molecule has 0 rings (SSSR count). The highest BCUT2D eigenvalue weighted by atomic mass is 14.3. The van der Waals surface area contributed by atoms with Crippen LogP contribution in [0.25, 0.3) is 0 Å². The molecule has 0 aromatic carbocycles. The van der Waals surface area contributed by atoms with Gasteiger partial charge in [0.2, 0.25) is 0 Å². The van der Waals surface area contributed by atoms with Crippen LogP contribution in [-0.2, 0) is 0 Å². The van der Waals surface area contributed by atoms with Gasteiger partial charge in [0.15, 0.2) is 0 Å². The summed E-state index contributed by atoms with van der Waals surface area (Å²) < 4.78 is 0. The van der Waals surface area contributed by atoms with Crippen LogP contribution < -0.4 is 0 Å². The topological polar surface area (TPSA) is 0 Å². The van der Waals surface area contributed by atoms with E-state index in [0.29, 0.717) is 11.3 Å². The molecule has 0 amide bonds. The molecule has 2 atom stereocenters. The Balaban J connectivity index is 4.13. The molecule has 0 aliphatic rings. The summed E-state index contributed by atoms with van der Waals surface area (Å²) in [6.07, 6.45) is 3.84. The van der Waals surface area contributed by atoms with Crippen molar-refractivity contribution in [2.24, 2.45) is 17.3 Å². The van der Waals surface area contributed by atoms with E-state index in [1.807, 2.05) is 0 Å². The molecule has 0 heterocycles. The quantitative estimate of drug-likeness (QED) is 0.575. The molecule has 0 bridgehead atoms. The maximum atomic E-state index is 4.07. The van der Waals surface area contributed by atoms with Crippen molar-refractivity contribution < 1.29 is 0 Å². The number of rotatable bonds is 5. The maximum absolute atomic E-state index is 4.07. The van der Waals surface area contributed by atoms with Gasteiger partial charge in [-0.05, 0) is 23.7 Å². The second-order valence-corrected chi connectivity index (χ2v) is 4.79. The molecular formula is C12H25. The van der Waals surface area contributed by atoms with Crippen LogP contribution in [0.15, 0.2) is 0 Å². The molecule has 0 aromatic rings. The van der Waals surface area contributed by atoms with Gasteiger partial charge in [-0.3, -0.25) is 0 Å². The first-order valence-corrected chi connectivity index (χ1v) is 5.27. The van der Waals surface area contributed by atoms with Crippen LogP contribution in [-0.4, -0.2) is 0 Å². The van der Waals surface area contributed by atoms with Crippen LogP contribution in [0, 0.1) is 24.2 Å². The molecule has 0 spiro atoms. The molecule has 73 valence electrons. The smallest absolute Gasteiger partial charge is 0.0329 e. The zero-order chi connectivity index (χ0) is 9.78. The Bertz CT molecular complexity index is 111. The summed E-state index contributed by atoms with van der Waals surface area (Å²) in [7, 11) is 0. The van der Waals surface area contributed by atoms with Crippen molar-refractivity contribution in [1.29, 1.82) is 0 Å². The third-order valence-electron chi connectivity index (χ3n) is 3.20. The van der Waals surface area contributed by atoms with Crippen molar-refractivity contribution in [3.05, 3.63) is 6.92 Å². The largest absolute Gasteiger partial charge is 0.0651 e. The third kappa shape index (κ3) is 3.60. The average molecular weight is 169 g/mol. The van der Waals surface area contributed by atoms with E-state index in [1.54, 1.807) is 0 Å². The Hall–Kier alpha value is 0. The molecule has 0 aliphatic carbocycles. The Morgan fingerprint density at radius 2 is 1.75 bits per heavy atom. The Morgan fingerprint density at radius 1 is 1.25 bits per heavy atom. The second kappa shape index (κ2) is 4.89. The van der Waals surface area contributed by atoms with Gasteiger partial charge in [0.05, 0.1) is 0 Å². The van der Waals surface area contributed by atoms with Gasteiger partial charge in [-0.25, -0.2) is 0 Å². The van der Waals surface area contributed by atoms with E-state index in [4.69, 9.17) is 0 Å². The predicted octanol–water partition coefficient (Wildman–Crippen LogP) is 4.31. The molecule has 12 heavy (non-hydrogen) atoms. The molecule has 0 nitrogen and oxygen atoms in total. The van der Waals surface area contributed by atoms with Crippen molar-refractivity contribution in [2.75, 3.05) is 0 Å². The molecule has 0 aliphatic heterocycles. The van der Waals surface area contributed by atoms with E-state index < -0.39 is 0 Å². The molecular weight excluding hydrogens is 144 g/mol. The first-order chi connectivity index (χ1) is 5.44. The number of hydrogen-bond donors (Lipinski definition) is 0. The molecule has 0 heteroatoms. The van der Waals surface area contributed by atoms with Gasteiger partial charge < -0.3 is 0 Å². The van der Waals surface area contributed by atoms with Gasteiger partial charge in [0.25, 0.3) is 0 Å². The highest BCUT2D eigenvalue weighted by molar-refractivity contribution is 4.78. The normalized spacial score (nSPS) is 15.2. The zero-order valence-electron chi connectivity index (χ0n) is 9.48. The molecule has 2 unspecified atom stereocenters. The van der Waals surface area contributed by atoms with Crippen molar-refractivity contribution in [3.8, 4) is 0 Å². The Kier molecular flexibility index (Phi) is 4.89. The molecule has 0 saturated carbocycles. The molecule has 0 aromatic heterocycles. The van der Waals surface area contributed by atoms with E-state index in [1.165, 1.54) is 19.3 Å². The van der Waals surface area contributed by atoms with Gasteiger partial charge in [-0.2, -0.15) is 0 Å². The summed E-state index contributed by atoms with van der Waals surface area (Å²) in [6, 6.07) is 0. The van der Waals surface area contributed by atoms with Crippen molar-refractivity contribution >= 4 is 0 Å². The van der Waals surface area contributed by atoms with E-state index >= 15 is 0 Å². The molecule has 0 saturated heterocycles. The zero-order valence-corrected chi connectivity index (χ0v) is 9.48. The van der Waals surface area contributed by atoms with Crippen LogP contribution >= 0.6 is 0 Å². The van der Waals surface area contributed by atoms with Crippen molar-refractivity contribution in [1.82, 2.24) is 0 Å². The Labute approximate surface area is 78.8 Å². The summed E-state index contributed by atoms with van der Waals surface area (Å²) in [4.78, 5) is 0. The lowest BCUT2D eigenvalue weighted by molar-refractivity contribution is 0.172. The lowest BCUT2D eigenvalue weighted by atomic mass is 9.72. The van der Waals surface area contributed by atoms with E-state index in [2.05, 4.69) is 41.5 Å². The van der Waals surface area contributed by atoms with Gasteiger partial charge >= 0.3 is 0 Å². The molecule has 1 radical (unpaired) electrons. The summed E-state index contributed by atoms with van der Waals surface area (Å²) in [5.74, 6) is 1.44. The minimum atomic E-state index is 0.501. The van der Waals surface area contributed by atoms with E-state index in [-0.39, 0.29) is 0 Å². The van der Waals surface area contributed by atoms with Gasteiger partial charge in [-0.1, -0.05) is 54.4 Å². The third-order valence-corrected chi connectivity index (χ3v) is 3.20. The molecule has 0 N–H and O–H groups in total. The fourth-order valence-corrected chi connectivity index (χ4v) is 1.81. The predicted molar refractivity (Wildman–Crippen MR) is 57.0 cm³/mol. The Morgan fingerprint density at radius 3 is 2.00 bits per heavy atom. The average Bonchev–Trinajstić information content (AvgIpc) is 1.99. The fraction of sp³-hybridized carbons (Fsp3) is 0.917. The number of hydrogen-bond acceptors (Lipinski definition) is 0. The van der Waals surface area contributed by atoms with Gasteiger partial charge in [-0.15, -0.1) is 0 Å².